The summed E-state index contributed by atoms with van der Waals surface area (Å²) < 4.78 is 10.8. The summed E-state index contributed by atoms with van der Waals surface area (Å²) in [4.78, 5) is 12.1. The van der Waals surface area contributed by atoms with Gasteiger partial charge in [-0.05, 0) is 51.5 Å². The van der Waals surface area contributed by atoms with Crippen LogP contribution in [-0.2, 0) is 9.53 Å². The summed E-state index contributed by atoms with van der Waals surface area (Å²) in [6.45, 7) is 7.64. The van der Waals surface area contributed by atoms with Gasteiger partial charge < -0.3 is 14.8 Å². The third kappa shape index (κ3) is 4.24. The number of ether oxygens (including phenoxy) is 2. The van der Waals surface area contributed by atoms with Crippen LogP contribution in [0.1, 0.15) is 34.1 Å². The summed E-state index contributed by atoms with van der Waals surface area (Å²) in [5, 5.41) is 2.85. The smallest absolute Gasteiger partial charge is 0.256 e. The van der Waals surface area contributed by atoms with Crippen LogP contribution in [0.2, 0.25) is 0 Å². The van der Waals surface area contributed by atoms with Gasteiger partial charge in [-0.2, -0.15) is 0 Å². The molecule has 1 atom stereocenters. The van der Waals surface area contributed by atoms with E-state index in [1.54, 1.807) is 14.0 Å². The molecule has 0 aliphatic carbocycles. The first-order valence-corrected chi connectivity index (χ1v) is 6.54. The van der Waals surface area contributed by atoms with Gasteiger partial charge >= 0.3 is 0 Å². The van der Waals surface area contributed by atoms with Crippen LogP contribution < -0.4 is 10.1 Å². The Morgan fingerprint density at radius 3 is 2.32 bits per heavy atom. The van der Waals surface area contributed by atoms with Crippen molar-refractivity contribution in [2.75, 3.05) is 12.4 Å². The van der Waals surface area contributed by atoms with Crippen LogP contribution in [0.25, 0.3) is 0 Å². The lowest BCUT2D eigenvalue weighted by atomic mass is 10.0. The van der Waals surface area contributed by atoms with E-state index < -0.39 is 5.60 Å². The van der Waals surface area contributed by atoms with E-state index in [4.69, 9.17) is 9.47 Å². The molecule has 0 aliphatic heterocycles. The molecule has 19 heavy (non-hydrogen) atoms. The molecule has 0 aliphatic rings. The first-order chi connectivity index (χ1) is 8.91. The van der Waals surface area contributed by atoms with Gasteiger partial charge in [0.05, 0.1) is 6.10 Å². The normalized spacial score (nSPS) is 14.0. The van der Waals surface area contributed by atoms with Crippen LogP contribution in [0.15, 0.2) is 24.3 Å². The molecule has 0 aromatic heterocycles. The van der Waals surface area contributed by atoms with Crippen LogP contribution in [0.5, 0.6) is 5.75 Å². The number of hydrogen-bond donors (Lipinski definition) is 1. The Balaban J connectivity index is 2.70. The van der Waals surface area contributed by atoms with E-state index in [9.17, 15) is 4.79 Å². The third-order valence-electron chi connectivity index (χ3n) is 3.09. The Morgan fingerprint density at radius 2 is 1.89 bits per heavy atom. The van der Waals surface area contributed by atoms with Crippen molar-refractivity contribution in [1.82, 2.24) is 0 Å². The van der Waals surface area contributed by atoms with Crippen molar-refractivity contribution >= 4 is 11.6 Å². The molecule has 1 amide bonds. The minimum atomic E-state index is -0.799. The fourth-order valence-corrected chi connectivity index (χ4v) is 1.55. The number of benzene rings is 1. The second-order valence-electron chi connectivity index (χ2n) is 4.93. The van der Waals surface area contributed by atoms with E-state index in [1.165, 1.54) is 0 Å². The first-order valence-electron chi connectivity index (χ1n) is 6.54. The molecule has 0 saturated heterocycles. The maximum Gasteiger partial charge on any atom is 0.256 e. The fraction of sp³-hybridized carbons (Fsp3) is 0.533. The number of methoxy groups -OCH3 is 1. The SMILES string of the molecule is CC[C@@](C)(OC)C(=O)Nc1ccc(OC(C)C)cc1. The molecular weight excluding hydrogens is 242 g/mol. The van der Waals surface area contributed by atoms with E-state index in [0.29, 0.717) is 6.42 Å². The standard InChI is InChI=1S/C15H23NO3/c1-6-15(4,18-5)14(17)16-12-7-9-13(10-8-12)19-11(2)3/h7-11H,6H2,1-5H3,(H,16,17)/t15-/m1/s1. The summed E-state index contributed by atoms with van der Waals surface area (Å²) in [6.07, 6.45) is 0.751. The highest BCUT2D eigenvalue weighted by Gasteiger charge is 2.30. The van der Waals surface area contributed by atoms with Gasteiger partial charge in [0.25, 0.3) is 5.91 Å². The van der Waals surface area contributed by atoms with Gasteiger partial charge in [-0.3, -0.25) is 4.79 Å². The van der Waals surface area contributed by atoms with Crippen LogP contribution in [0.3, 0.4) is 0 Å². The van der Waals surface area contributed by atoms with Gasteiger partial charge in [-0.1, -0.05) is 6.92 Å². The van der Waals surface area contributed by atoms with Crippen LogP contribution in [0.4, 0.5) is 5.69 Å². The Hall–Kier alpha value is -1.55. The summed E-state index contributed by atoms with van der Waals surface area (Å²) >= 11 is 0. The third-order valence-corrected chi connectivity index (χ3v) is 3.09. The van der Waals surface area contributed by atoms with Crippen molar-refractivity contribution in [3.63, 3.8) is 0 Å². The average molecular weight is 265 g/mol. The number of hydrogen-bond acceptors (Lipinski definition) is 3. The maximum atomic E-state index is 12.1. The highest BCUT2D eigenvalue weighted by Crippen LogP contribution is 2.20. The molecule has 1 N–H and O–H groups in total. The van der Waals surface area contributed by atoms with Gasteiger partial charge in [0.1, 0.15) is 11.4 Å². The lowest BCUT2D eigenvalue weighted by molar-refractivity contribution is -0.136. The van der Waals surface area contributed by atoms with Gasteiger partial charge in [-0.15, -0.1) is 0 Å². The Morgan fingerprint density at radius 1 is 1.32 bits per heavy atom. The van der Waals surface area contributed by atoms with Crippen molar-refractivity contribution in [3.05, 3.63) is 24.3 Å². The molecule has 0 bridgehead atoms. The van der Waals surface area contributed by atoms with Crippen LogP contribution >= 0.6 is 0 Å². The second kappa shape index (κ2) is 6.57. The Kier molecular flexibility index (Phi) is 5.36. The monoisotopic (exact) mass is 265 g/mol. The highest BCUT2D eigenvalue weighted by molar-refractivity contribution is 5.97. The zero-order chi connectivity index (χ0) is 14.5. The van der Waals surface area contributed by atoms with E-state index >= 15 is 0 Å². The number of anilines is 1. The first kappa shape index (κ1) is 15.5. The number of rotatable bonds is 6. The summed E-state index contributed by atoms with van der Waals surface area (Å²) in [7, 11) is 1.54. The molecule has 0 saturated carbocycles. The topological polar surface area (TPSA) is 47.6 Å². The minimum absolute atomic E-state index is 0.136. The summed E-state index contributed by atoms with van der Waals surface area (Å²) in [5.74, 6) is 0.646. The van der Waals surface area contributed by atoms with Crippen LogP contribution in [0, 0.1) is 0 Å². The zero-order valence-electron chi connectivity index (χ0n) is 12.3. The summed E-state index contributed by atoms with van der Waals surface area (Å²) in [5.41, 5.74) is -0.0644. The largest absolute Gasteiger partial charge is 0.491 e. The molecule has 0 spiro atoms. The Labute approximate surface area is 115 Å². The summed E-state index contributed by atoms with van der Waals surface area (Å²) in [6, 6.07) is 7.32. The van der Waals surface area contributed by atoms with Crippen molar-refractivity contribution in [3.8, 4) is 5.75 Å². The van der Waals surface area contributed by atoms with Gasteiger partial charge in [-0.25, -0.2) is 0 Å². The molecular formula is C15H23NO3. The van der Waals surface area contributed by atoms with Crippen molar-refractivity contribution in [2.45, 2.75) is 45.8 Å². The van der Waals surface area contributed by atoms with E-state index in [-0.39, 0.29) is 12.0 Å². The highest BCUT2D eigenvalue weighted by atomic mass is 16.5. The number of nitrogens with one attached hydrogen (secondary N) is 1. The number of carbonyl (C=O) groups excluding carboxylic acids is 1. The van der Waals surface area contributed by atoms with Crippen LogP contribution in [-0.4, -0.2) is 24.7 Å². The Bertz CT molecular complexity index is 408. The minimum Gasteiger partial charge on any atom is -0.491 e. The molecule has 106 valence electrons. The molecule has 1 rings (SSSR count). The molecule has 4 nitrogen and oxygen atoms in total. The molecule has 1 aromatic rings. The van der Waals surface area contributed by atoms with Crippen molar-refractivity contribution in [2.24, 2.45) is 0 Å². The van der Waals surface area contributed by atoms with E-state index in [2.05, 4.69) is 5.32 Å². The van der Waals surface area contributed by atoms with Gasteiger partial charge in [0.15, 0.2) is 0 Å². The van der Waals surface area contributed by atoms with Crippen molar-refractivity contribution < 1.29 is 14.3 Å². The lowest BCUT2D eigenvalue weighted by Crippen LogP contribution is -2.41. The fourth-order valence-electron chi connectivity index (χ4n) is 1.55. The van der Waals surface area contributed by atoms with Gasteiger partial charge in [0, 0.05) is 12.8 Å². The quantitative estimate of drug-likeness (QED) is 0.859. The van der Waals surface area contributed by atoms with E-state index in [0.717, 1.165) is 11.4 Å². The van der Waals surface area contributed by atoms with Crippen molar-refractivity contribution in [1.29, 1.82) is 0 Å². The second-order valence-corrected chi connectivity index (χ2v) is 4.93. The lowest BCUT2D eigenvalue weighted by Gasteiger charge is -2.25. The molecule has 0 heterocycles. The molecule has 1 aromatic carbocycles. The predicted octanol–water partition coefficient (Wildman–Crippen LogP) is 3.23. The molecule has 4 heteroatoms. The molecule has 0 fully saturated rings. The zero-order valence-corrected chi connectivity index (χ0v) is 12.3. The molecule has 0 radical (unpaired) electrons. The molecule has 0 unspecified atom stereocenters. The maximum absolute atomic E-state index is 12.1. The van der Waals surface area contributed by atoms with Gasteiger partial charge in [0.2, 0.25) is 0 Å². The number of carbonyl (C=O) groups is 1. The average Bonchev–Trinajstić information content (AvgIpc) is 2.39. The predicted molar refractivity (Wildman–Crippen MR) is 76.5 cm³/mol. The number of amides is 1. The van der Waals surface area contributed by atoms with E-state index in [1.807, 2.05) is 45.0 Å².